The number of rotatable bonds is 7. The zero-order valence-electron chi connectivity index (χ0n) is 21.5. The van der Waals surface area contributed by atoms with E-state index < -0.39 is 24.1 Å². The molecule has 202 valence electrons. The van der Waals surface area contributed by atoms with Crippen LogP contribution in [0, 0.1) is 0 Å². The van der Waals surface area contributed by atoms with Gasteiger partial charge in [0.15, 0.2) is 5.01 Å². The molecule has 3 atom stereocenters. The summed E-state index contributed by atoms with van der Waals surface area (Å²) in [6.45, 7) is 8.18. The first-order valence-corrected chi connectivity index (χ1v) is 13.9. The number of carbonyl (C=O) groups is 3. The Bertz CT molecular complexity index is 1390. The van der Waals surface area contributed by atoms with Gasteiger partial charge in [-0.1, -0.05) is 11.6 Å². The summed E-state index contributed by atoms with van der Waals surface area (Å²) in [4.78, 5) is 51.0. The summed E-state index contributed by atoms with van der Waals surface area (Å²) in [6, 6.07) is 5.71. The zero-order valence-corrected chi connectivity index (χ0v) is 23.0. The highest BCUT2D eigenvalue weighted by molar-refractivity contribution is 7.13. The Hall–Kier alpha value is -2.99. The Morgan fingerprint density at radius 3 is 2.50 bits per heavy atom. The molecule has 38 heavy (non-hydrogen) atoms. The third-order valence-corrected chi connectivity index (χ3v) is 8.72. The lowest BCUT2D eigenvalue weighted by Crippen LogP contribution is -2.51. The molecule has 0 bridgehead atoms. The van der Waals surface area contributed by atoms with Crippen LogP contribution in [0.2, 0.25) is 5.02 Å². The van der Waals surface area contributed by atoms with Gasteiger partial charge in [0.1, 0.15) is 11.7 Å². The molecule has 2 aromatic heterocycles. The van der Waals surface area contributed by atoms with Crippen molar-refractivity contribution in [3.05, 3.63) is 50.6 Å². The molecular formula is C26H31ClN6O4S. The van der Waals surface area contributed by atoms with Crippen LogP contribution in [-0.2, 0) is 17.8 Å². The predicted molar refractivity (Wildman–Crippen MR) is 146 cm³/mol. The summed E-state index contributed by atoms with van der Waals surface area (Å²) in [5.41, 5.74) is 2.11. The molecule has 0 saturated carbocycles. The smallest absolute Gasteiger partial charge is 0.320 e. The number of halogens is 1. The highest BCUT2D eigenvalue weighted by atomic mass is 35.5. The molecule has 2 aliphatic rings. The van der Waals surface area contributed by atoms with Crippen LogP contribution in [0.1, 0.15) is 51.6 Å². The van der Waals surface area contributed by atoms with Crippen LogP contribution in [-0.4, -0.2) is 86.5 Å². The molecule has 4 N–H and O–H groups in total. The van der Waals surface area contributed by atoms with Gasteiger partial charge in [-0.15, -0.1) is 11.3 Å². The van der Waals surface area contributed by atoms with E-state index in [-0.39, 0.29) is 18.4 Å². The molecule has 3 aromatic rings. The molecule has 10 nitrogen and oxygen atoms in total. The van der Waals surface area contributed by atoms with E-state index >= 15 is 0 Å². The van der Waals surface area contributed by atoms with Crippen molar-refractivity contribution >= 4 is 51.6 Å². The van der Waals surface area contributed by atoms with Crippen molar-refractivity contribution in [2.45, 2.75) is 57.9 Å². The topological polar surface area (TPSA) is 131 Å². The fraction of sp³-hybridized carbons (Fsp3) is 0.462. The molecule has 1 saturated heterocycles. The largest absolute Gasteiger partial charge is 0.480 e. The van der Waals surface area contributed by atoms with E-state index in [1.54, 1.807) is 36.1 Å². The van der Waals surface area contributed by atoms with Crippen LogP contribution < -0.4 is 10.6 Å². The van der Waals surface area contributed by atoms with Crippen molar-refractivity contribution in [3.8, 4) is 0 Å². The lowest BCUT2D eigenvalue weighted by atomic mass is 10.1. The van der Waals surface area contributed by atoms with E-state index in [0.29, 0.717) is 28.3 Å². The maximum absolute atomic E-state index is 13.3. The van der Waals surface area contributed by atoms with Crippen LogP contribution in [0.25, 0.3) is 10.9 Å². The van der Waals surface area contributed by atoms with Crippen LogP contribution in [0.4, 0.5) is 0 Å². The number of carboxylic acids is 1. The predicted octanol–water partition coefficient (Wildman–Crippen LogP) is 2.73. The van der Waals surface area contributed by atoms with Gasteiger partial charge in [0.05, 0.1) is 17.8 Å². The van der Waals surface area contributed by atoms with Gasteiger partial charge in [-0.2, -0.15) is 0 Å². The van der Waals surface area contributed by atoms with E-state index in [2.05, 4.69) is 39.3 Å². The lowest BCUT2D eigenvalue weighted by molar-refractivity contribution is -0.142. The van der Waals surface area contributed by atoms with Gasteiger partial charge in [0, 0.05) is 59.4 Å². The number of amides is 2. The Morgan fingerprint density at radius 1 is 1.11 bits per heavy atom. The standard InChI is InChI=1S/C26H31ClN6O4S/c1-13(2)32-7-6-18-22(12-32)38-25(31-18)24(35)30-21-11-33(14(3)26(36)37)10-20(21)29-23(34)19-9-15-8-16(27)4-5-17(15)28-19/h4-5,8-9,13-14,20-21,28H,6-7,10-12H2,1-3H3,(H,29,34)(H,30,35)(H,36,37)/t14?,20-,21-/m1/s1. The monoisotopic (exact) mass is 558 g/mol. The first-order valence-electron chi connectivity index (χ1n) is 12.7. The molecule has 1 aromatic carbocycles. The van der Waals surface area contributed by atoms with Crippen LogP contribution in [0.3, 0.4) is 0 Å². The second-order valence-corrected chi connectivity index (χ2v) is 11.8. The molecule has 5 rings (SSSR count). The zero-order chi connectivity index (χ0) is 27.1. The molecule has 2 aliphatic heterocycles. The quantitative estimate of drug-likeness (QED) is 0.351. The van der Waals surface area contributed by atoms with Gasteiger partial charge in [0.25, 0.3) is 11.8 Å². The third-order valence-electron chi connectivity index (χ3n) is 7.40. The Labute approximate surface area is 229 Å². The first-order chi connectivity index (χ1) is 18.1. The van der Waals surface area contributed by atoms with Crippen molar-refractivity contribution in [1.82, 2.24) is 30.4 Å². The summed E-state index contributed by atoms with van der Waals surface area (Å²) in [6.07, 6.45) is 0.805. The number of hydrogen-bond donors (Lipinski definition) is 4. The van der Waals surface area contributed by atoms with Crippen molar-refractivity contribution in [1.29, 1.82) is 0 Å². The highest BCUT2D eigenvalue weighted by Gasteiger charge is 2.39. The second-order valence-electron chi connectivity index (χ2n) is 10.2. The fourth-order valence-electron chi connectivity index (χ4n) is 5.05. The Kier molecular flexibility index (Phi) is 7.45. The van der Waals surface area contributed by atoms with Gasteiger partial charge >= 0.3 is 5.97 Å². The molecule has 1 fully saturated rings. The van der Waals surface area contributed by atoms with Gasteiger partial charge < -0.3 is 20.7 Å². The maximum Gasteiger partial charge on any atom is 0.320 e. The summed E-state index contributed by atoms with van der Waals surface area (Å²) < 4.78 is 0. The van der Waals surface area contributed by atoms with E-state index in [1.165, 1.54) is 11.3 Å². The maximum atomic E-state index is 13.3. The molecule has 4 heterocycles. The van der Waals surface area contributed by atoms with Crippen molar-refractivity contribution < 1.29 is 19.5 Å². The van der Waals surface area contributed by atoms with Crippen molar-refractivity contribution in [3.63, 3.8) is 0 Å². The number of H-pyrrole nitrogens is 1. The van der Waals surface area contributed by atoms with Gasteiger partial charge in [-0.3, -0.25) is 24.2 Å². The van der Waals surface area contributed by atoms with Crippen LogP contribution in [0.5, 0.6) is 0 Å². The lowest BCUT2D eigenvalue weighted by Gasteiger charge is -2.29. The number of nitrogens with one attached hydrogen (secondary N) is 3. The van der Waals surface area contributed by atoms with Gasteiger partial charge in [0.2, 0.25) is 0 Å². The number of carbonyl (C=O) groups excluding carboxylic acids is 2. The number of aromatic nitrogens is 2. The number of benzene rings is 1. The Balaban J connectivity index is 1.32. The van der Waals surface area contributed by atoms with Crippen LogP contribution in [0.15, 0.2) is 24.3 Å². The minimum atomic E-state index is -0.961. The number of nitrogens with zero attached hydrogens (tertiary/aromatic N) is 3. The van der Waals surface area contributed by atoms with Gasteiger partial charge in [-0.25, -0.2) is 4.98 Å². The minimum absolute atomic E-state index is 0.286. The molecule has 0 radical (unpaired) electrons. The van der Waals surface area contributed by atoms with Crippen LogP contribution >= 0.6 is 22.9 Å². The number of carboxylic acid groups (broad SMARTS) is 1. The number of likely N-dealkylation sites (tertiary alicyclic amines) is 1. The number of thiazole rings is 1. The number of aliphatic carboxylic acids is 1. The molecule has 0 aliphatic carbocycles. The summed E-state index contributed by atoms with van der Waals surface area (Å²) in [5, 5.41) is 17.3. The summed E-state index contributed by atoms with van der Waals surface area (Å²) in [7, 11) is 0. The average molecular weight is 559 g/mol. The highest BCUT2D eigenvalue weighted by Crippen LogP contribution is 2.27. The number of aromatic amines is 1. The minimum Gasteiger partial charge on any atom is -0.480 e. The van der Waals surface area contributed by atoms with Crippen molar-refractivity contribution in [2.24, 2.45) is 0 Å². The molecule has 2 amide bonds. The average Bonchev–Trinajstić information content (AvgIpc) is 3.59. The van der Waals surface area contributed by atoms with E-state index in [0.717, 1.165) is 41.0 Å². The molecule has 0 spiro atoms. The van der Waals surface area contributed by atoms with Gasteiger partial charge in [-0.05, 0) is 45.0 Å². The van der Waals surface area contributed by atoms with E-state index in [1.807, 2.05) is 0 Å². The normalized spacial score (nSPS) is 21.0. The van der Waals surface area contributed by atoms with Crippen molar-refractivity contribution in [2.75, 3.05) is 19.6 Å². The molecular weight excluding hydrogens is 528 g/mol. The molecule has 1 unspecified atom stereocenters. The molecule has 12 heteroatoms. The Morgan fingerprint density at radius 2 is 1.82 bits per heavy atom. The second kappa shape index (κ2) is 10.6. The number of hydrogen-bond acceptors (Lipinski definition) is 7. The number of fused-ring (bicyclic) bond motifs is 2. The fourth-order valence-corrected chi connectivity index (χ4v) is 6.27. The first kappa shape index (κ1) is 26.6. The summed E-state index contributed by atoms with van der Waals surface area (Å²) in [5.74, 6) is -1.61. The van der Waals surface area contributed by atoms with E-state index in [4.69, 9.17) is 11.6 Å². The third kappa shape index (κ3) is 5.42. The summed E-state index contributed by atoms with van der Waals surface area (Å²) >= 11 is 7.47. The SMILES string of the molecule is CC(C)N1CCc2nc(C(=O)N[C@@H]3CN(C(C)C(=O)O)C[C@H]3NC(=O)c3cc4cc(Cl)ccc4[nH]3)sc2C1. The van der Waals surface area contributed by atoms with E-state index in [9.17, 15) is 19.5 Å².